The number of pyridine rings is 1. The molecule has 2 heteroatoms. The van der Waals surface area contributed by atoms with Gasteiger partial charge in [0.1, 0.15) is 18.2 Å². The van der Waals surface area contributed by atoms with Crippen LogP contribution in [-0.2, 0) is 25.2 Å². The van der Waals surface area contributed by atoms with E-state index in [0.29, 0.717) is 11.1 Å². The van der Waals surface area contributed by atoms with E-state index in [1.54, 1.807) is 19.9 Å². The van der Waals surface area contributed by atoms with E-state index >= 15 is 0 Å². The molecule has 0 saturated heterocycles. The summed E-state index contributed by atoms with van der Waals surface area (Å²) in [6.45, 7) is 9.93. The molecule has 6 aromatic rings. The Hall–Kier alpha value is -4.17. The van der Waals surface area contributed by atoms with E-state index < -0.39 is 18.2 Å². The van der Waals surface area contributed by atoms with Crippen molar-refractivity contribution in [2.75, 3.05) is 0 Å². The summed E-state index contributed by atoms with van der Waals surface area (Å²) in [5.41, 5.74) is 8.01. The minimum atomic E-state index is -1.86. The van der Waals surface area contributed by atoms with Gasteiger partial charge in [0.2, 0.25) is 5.69 Å². The van der Waals surface area contributed by atoms with E-state index in [2.05, 4.69) is 79.9 Å². The summed E-state index contributed by atoms with van der Waals surface area (Å²) < 4.78 is 44.9. The summed E-state index contributed by atoms with van der Waals surface area (Å²) >= 11 is 0. The maximum Gasteiger partial charge on any atom is 0.216 e. The molecular weight excluding hydrogens is 498 g/mol. The first kappa shape index (κ1) is 21.6. The second-order valence-corrected chi connectivity index (χ2v) is 12.5. The minimum absolute atomic E-state index is 0.335. The molecule has 0 atom stereocenters. The fourth-order valence-corrected chi connectivity index (χ4v) is 6.37. The Morgan fingerprint density at radius 3 is 2.32 bits per heavy atom. The van der Waals surface area contributed by atoms with E-state index in [1.807, 2.05) is 43.6 Å². The standard InChI is InChI=1S/C39H38NO/c1-25-15-18-31-33-22-30(39(4,5)29-12-8-7-9-13-29)21-32(26-16-17-27-23-38(2,3)24-28(27)20-26)36(33)41-37(31)35(25)34-14-10-11-19-40(34)6/h7-22H,23-24H2,1-6H3/q+1/i23D2,24D2. The number of rotatable bonds is 4. The van der Waals surface area contributed by atoms with Crippen LogP contribution in [0.5, 0.6) is 0 Å². The van der Waals surface area contributed by atoms with E-state index in [1.165, 1.54) is 5.56 Å². The maximum atomic E-state index is 9.06. The van der Waals surface area contributed by atoms with Crippen molar-refractivity contribution in [2.24, 2.45) is 12.5 Å². The second-order valence-electron chi connectivity index (χ2n) is 12.5. The third kappa shape index (κ3) is 4.20. The lowest BCUT2D eigenvalue weighted by atomic mass is 9.76. The number of hydrogen-bond acceptors (Lipinski definition) is 1. The highest BCUT2D eigenvalue weighted by atomic mass is 16.3. The first-order valence-corrected chi connectivity index (χ1v) is 14.3. The zero-order valence-corrected chi connectivity index (χ0v) is 24.6. The highest BCUT2D eigenvalue weighted by Gasteiger charge is 2.30. The molecule has 1 aliphatic carbocycles. The van der Waals surface area contributed by atoms with Gasteiger partial charge in [-0.05, 0) is 76.7 Å². The van der Waals surface area contributed by atoms with Gasteiger partial charge in [0, 0.05) is 39.4 Å². The smallest absolute Gasteiger partial charge is 0.216 e. The fourth-order valence-electron chi connectivity index (χ4n) is 6.37. The molecule has 7 rings (SSSR count). The lowest BCUT2D eigenvalue weighted by Crippen LogP contribution is -2.30. The van der Waals surface area contributed by atoms with Crippen LogP contribution in [0.1, 0.15) is 61.0 Å². The van der Waals surface area contributed by atoms with Crippen LogP contribution >= 0.6 is 0 Å². The highest BCUT2D eigenvalue weighted by molar-refractivity contribution is 6.13. The molecule has 0 bridgehead atoms. The quantitative estimate of drug-likeness (QED) is 0.204. The molecule has 4 aromatic carbocycles. The van der Waals surface area contributed by atoms with Crippen LogP contribution in [0.25, 0.3) is 44.3 Å². The van der Waals surface area contributed by atoms with Crippen LogP contribution in [0.2, 0.25) is 0 Å². The van der Waals surface area contributed by atoms with Gasteiger partial charge in [0.25, 0.3) is 0 Å². The van der Waals surface area contributed by atoms with Crippen molar-refractivity contribution in [2.45, 2.75) is 52.8 Å². The predicted molar refractivity (Wildman–Crippen MR) is 170 cm³/mol. The zero-order chi connectivity index (χ0) is 32.1. The number of hydrogen-bond donors (Lipinski definition) is 0. The zero-order valence-electron chi connectivity index (χ0n) is 28.6. The topological polar surface area (TPSA) is 17.0 Å². The first-order chi connectivity index (χ1) is 21.2. The van der Waals surface area contributed by atoms with E-state index in [4.69, 9.17) is 9.90 Å². The Morgan fingerprint density at radius 1 is 0.780 bits per heavy atom. The number of furan rings is 1. The van der Waals surface area contributed by atoms with Crippen LogP contribution < -0.4 is 4.57 Å². The van der Waals surface area contributed by atoms with Gasteiger partial charge in [-0.25, -0.2) is 4.57 Å². The molecule has 0 saturated carbocycles. The van der Waals surface area contributed by atoms with Crippen molar-refractivity contribution >= 4 is 21.9 Å². The summed E-state index contributed by atoms with van der Waals surface area (Å²) in [5.74, 6) is 0. The van der Waals surface area contributed by atoms with Gasteiger partial charge in [-0.15, -0.1) is 0 Å². The van der Waals surface area contributed by atoms with Crippen molar-refractivity contribution < 1.29 is 14.5 Å². The molecule has 0 unspecified atom stereocenters. The van der Waals surface area contributed by atoms with Crippen LogP contribution in [0.3, 0.4) is 0 Å². The summed E-state index contributed by atoms with van der Waals surface area (Å²) in [7, 11) is 2.04. The Balaban J connectivity index is 1.57. The summed E-state index contributed by atoms with van der Waals surface area (Å²) in [6.07, 6.45) is -1.63. The molecule has 0 amide bonds. The fraction of sp³-hybridized carbons (Fsp3) is 0.256. The van der Waals surface area contributed by atoms with E-state index in [0.717, 1.165) is 55.4 Å². The molecule has 41 heavy (non-hydrogen) atoms. The Kier molecular flexibility index (Phi) is 4.82. The average molecular weight is 541 g/mol. The molecular formula is C39H38NO+. The number of fused-ring (bicyclic) bond motifs is 4. The van der Waals surface area contributed by atoms with Gasteiger partial charge in [0.15, 0.2) is 6.20 Å². The van der Waals surface area contributed by atoms with Crippen molar-refractivity contribution in [3.63, 3.8) is 0 Å². The van der Waals surface area contributed by atoms with E-state index in [-0.39, 0.29) is 5.41 Å². The third-order valence-corrected chi connectivity index (χ3v) is 8.70. The molecule has 204 valence electrons. The van der Waals surface area contributed by atoms with Gasteiger partial charge in [-0.2, -0.15) is 0 Å². The molecule has 0 N–H and O–H groups in total. The molecule has 2 heterocycles. The normalized spacial score (nSPS) is 18.5. The molecule has 0 spiro atoms. The Labute approximate surface area is 248 Å². The number of benzene rings is 4. The molecule has 0 radical (unpaired) electrons. The monoisotopic (exact) mass is 540 g/mol. The molecule has 2 aromatic heterocycles. The van der Waals surface area contributed by atoms with Gasteiger partial charge in [-0.1, -0.05) is 88.4 Å². The second kappa shape index (κ2) is 9.17. The van der Waals surface area contributed by atoms with Crippen molar-refractivity contribution in [3.8, 4) is 22.4 Å². The maximum absolute atomic E-state index is 9.06. The molecule has 0 aliphatic heterocycles. The minimum Gasteiger partial charge on any atom is -0.454 e. The van der Waals surface area contributed by atoms with Crippen molar-refractivity contribution in [3.05, 3.63) is 125 Å². The average Bonchev–Trinajstić information content (AvgIpc) is 3.43. The summed E-state index contributed by atoms with van der Waals surface area (Å²) in [5, 5.41) is 2.02. The van der Waals surface area contributed by atoms with Crippen LogP contribution in [0, 0.1) is 12.3 Å². The Bertz CT molecular complexity index is 2140. The lowest BCUT2D eigenvalue weighted by Gasteiger charge is -2.27. The van der Waals surface area contributed by atoms with Crippen molar-refractivity contribution in [1.82, 2.24) is 0 Å². The number of aryl methyl sites for hydroxylation is 2. The predicted octanol–water partition coefficient (Wildman–Crippen LogP) is 9.50. The van der Waals surface area contributed by atoms with Crippen molar-refractivity contribution in [1.29, 1.82) is 0 Å². The number of aromatic nitrogens is 1. The number of nitrogens with zero attached hydrogens (tertiary/aromatic N) is 1. The van der Waals surface area contributed by atoms with Gasteiger partial charge in [-0.3, -0.25) is 0 Å². The SMILES string of the molecule is [2H]C1([2H])c2ccc(-c3cc(C(C)(C)c4ccccc4)cc4c3oc3c(-c5cccc[n+]5C)c(C)ccc34)cc2C([2H])([2H])C1(C)C. The van der Waals surface area contributed by atoms with Gasteiger partial charge in [0.05, 0.1) is 5.56 Å². The van der Waals surface area contributed by atoms with Crippen LogP contribution in [-0.4, -0.2) is 0 Å². The van der Waals surface area contributed by atoms with E-state index in [9.17, 15) is 0 Å². The lowest BCUT2D eigenvalue weighted by molar-refractivity contribution is -0.660. The Morgan fingerprint density at radius 2 is 1.54 bits per heavy atom. The van der Waals surface area contributed by atoms with Gasteiger partial charge < -0.3 is 4.42 Å². The molecule has 2 nitrogen and oxygen atoms in total. The first-order valence-electron chi connectivity index (χ1n) is 16.3. The van der Waals surface area contributed by atoms with Crippen LogP contribution in [0.15, 0.2) is 102 Å². The third-order valence-electron chi connectivity index (χ3n) is 8.70. The van der Waals surface area contributed by atoms with Crippen LogP contribution in [0.4, 0.5) is 0 Å². The largest absolute Gasteiger partial charge is 0.454 e. The summed E-state index contributed by atoms with van der Waals surface area (Å²) in [4.78, 5) is 0. The summed E-state index contributed by atoms with van der Waals surface area (Å²) in [6, 6.07) is 30.9. The highest BCUT2D eigenvalue weighted by Crippen LogP contribution is 2.45. The van der Waals surface area contributed by atoms with Gasteiger partial charge >= 0.3 is 0 Å². The molecule has 1 aliphatic rings. The molecule has 0 fully saturated rings.